The highest BCUT2D eigenvalue weighted by molar-refractivity contribution is 5.74. The van der Waals surface area contributed by atoms with Crippen molar-refractivity contribution >= 4 is 17.9 Å². The molecular formula is C18H31N3O7. The van der Waals surface area contributed by atoms with E-state index < -0.39 is 42.6 Å². The van der Waals surface area contributed by atoms with Gasteiger partial charge in [0.25, 0.3) is 0 Å². The van der Waals surface area contributed by atoms with Gasteiger partial charge in [0, 0.05) is 0 Å². The maximum Gasteiger partial charge on any atom is 0.322 e. The van der Waals surface area contributed by atoms with Crippen LogP contribution in [-0.2, 0) is 20.8 Å². The van der Waals surface area contributed by atoms with Crippen LogP contribution in [0.2, 0.25) is 0 Å². The second-order valence-electron chi connectivity index (χ2n) is 6.01. The predicted molar refractivity (Wildman–Crippen MR) is 104 cm³/mol. The van der Waals surface area contributed by atoms with Gasteiger partial charge in [-0.3, -0.25) is 14.4 Å². The molecule has 1 rings (SSSR count). The van der Waals surface area contributed by atoms with Crippen molar-refractivity contribution < 1.29 is 34.8 Å². The quantitative estimate of drug-likeness (QED) is 0.296. The number of carboxylic acid groups (broad SMARTS) is 3. The number of nitrogens with two attached hydrogens (primary N) is 3. The van der Waals surface area contributed by atoms with Gasteiger partial charge >= 0.3 is 17.9 Å². The van der Waals surface area contributed by atoms with E-state index in [4.69, 9.17) is 37.6 Å². The van der Waals surface area contributed by atoms with Crippen LogP contribution in [0.3, 0.4) is 0 Å². The summed E-state index contributed by atoms with van der Waals surface area (Å²) in [7, 11) is 0. The molecule has 0 amide bonds. The van der Waals surface area contributed by atoms with Crippen molar-refractivity contribution in [2.24, 2.45) is 23.1 Å². The lowest BCUT2D eigenvalue weighted by molar-refractivity contribution is -0.140. The molecule has 0 radical (unpaired) electrons. The highest BCUT2D eigenvalue weighted by Crippen LogP contribution is 2.04. The van der Waals surface area contributed by atoms with Crippen LogP contribution in [0.4, 0.5) is 0 Å². The van der Waals surface area contributed by atoms with Gasteiger partial charge in [-0.15, -0.1) is 0 Å². The molecule has 0 aromatic heterocycles. The number of hydrogen-bond acceptors (Lipinski definition) is 7. The Balaban J connectivity index is 0. The maximum atomic E-state index is 10.4. The summed E-state index contributed by atoms with van der Waals surface area (Å²) in [5.41, 5.74) is 16.3. The van der Waals surface area contributed by atoms with Gasteiger partial charge in [0.05, 0.1) is 6.61 Å². The minimum atomic E-state index is -1.18. The molecule has 10 N–H and O–H groups in total. The first-order valence-corrected chi connectivity index (χ1v) is 8.57. The van der Waals surface area contributed by atoms with Gasteiger partial charge in [-0.05, 0) is 17.9 Å². The van der Waals surface area contributed by atoms with Gasteiger partial charge in [0.1, 0.15) is 18.1 Å². The van der Waals surface area contributed by atoms with Gasteiger partial charge in [0.2, 0.25) is 0 Å². The van der Waals surface area contributed by atoms with Gasteiger partial charge in [-0.2, -0.15) is 0 Å². The Hall–Kier alpha value is -2.53. The number of aliphatic hydroxyl groups excluding tert-OH is 1. The number of aliphatic carboxylic acids is 3. The number of aliphatic hydroxyl groups is 1. The Morgan fingerprint density at radius 1 is 0.893 bits per heavy atom. The predicted octanol–water partition coefficient (Wildman–Crippen LogP) is -0.524. The zero-order chi connectivity index (χ0) is 22.3. The third kappa shape index (κ3) is 13.6. The standard InChI is InChI=1S/C9H11NO2.C6H13NO2.C3H7NO3/c10-8(9(11)12)6-7-4-2-1-3-5-7;1-3-4(2)5(7)6(8)9;4-2(1-5)3(6)7/h1-5,8H,6,10H2,(H,11,12);4-5H,3,7H2,1-2H3,(H,8,9);2,5H,1,4H2,(H,6,7)/t8-;4-,5-;2-/m000/s1. The second kappa shape index (κ2) is 15.5. The molecule has 0 saturated heterocycles. The van der Waals surface area contributed by atoms with E-state index >= 15 is 0 Å². The van der Waals surface area contributed by atoms with Crippen molar-refractivity contribution in [3.05, 3.63) is 35.9 Å². The largest absolute Gasteiger partial charge is 0.480 e. The van der Waals surface area contributed by atoms with Crippen LogP contribution >= 0.6 is 0 Å². The normalized spacial score (nSPS) is 14.1. The maximum absolute atomic E-state index is 10.4. The summed E-state index contributed by atoms with van der Waals surface area (Å²) in [6, 6.07) is 6.72. The zero-order valence-electron chi connectivity index (χ0n) is 16.1. The third-order valence-electron chi connectivity index (χ3n) is 3.67. The van der Waals surface area contributed by atoms with Crippen LogP contribution in [0.1, 0.15) is 25.8 Å². The van der Waals surface area contributed by atoms with Crippen LogP contribution in [0.5, 0.6) is 0 Å². The Morgan fingerprint density at radius 2 is 1.36 bits per heavy atom. The first kappa shape index (κ1) is 27.7. The molecule has 28 heavy (non-hydrogen) atoms. The Kier molecular flexibility index (Phi) is 15.3. The van der Waals surface area contributed by atoms with Crippen LogP contribution in [-0.4, -0.2) is 63.1 Å². The fourth-order valence-corrected chi connectivity index (χ4v) is 1.53. The minimum Gasteiger partial charge on any atom is -0.480 e. The fourth-order valence-electron chi connectivity index (χ4n) is 1.53. The lowest BCUT2D eigenvalue weighted by atomic mass is 10.0. The monoisotopic (exact) mass is 401 g/mol. The van der Waals surface area contributed by atoms with E-state index in [1.807, 2.05) is 44.2 Å². The first-order valence-electron chi connectivity index (χ1n) is 8.57. The van der Waals surface area contributed by atoms with E-state index in [1.165, 1.54) is 0 Å². The Bertz CT molecular complexity index is 584. The van der Waals surface area contributed by atoms with Crippen molar-refractivity contribution in [1.29, 1.82) is 0 Å². The minimum absolute atomic E-state index is 0.0718. The number of benzene rings is 1. The molecule has 0 aliphatic heterocycles. The highest BCUT2D eigenvalue weighted by Gasteiger charge is 2.17. The lowest BCUT2D eigenvalue weighted by Crippen LogP contribution is -2.36. The van der Waals surface area contributed by atoms with Crippen LogP contribution in [0.15, 0.2) is 30.3 Å². The van der Waals surface area contributed by atoms with Crippen LogP contribution in [0.25, 0.3) is 0 Å². The third-order valence-corrected chi connectivity index (χ3v) is 3.67. The second-order valence-corrected chi connectivity index (χ2v) is 6.01. The van der Waals surface area contributed by atoms with E-state index in [0.29, 0.717) is 6.42 Å². The summed E-state index contributed by atoms with van der Waals surface area (Å²) < 4.78 is 0. The zero-order valence-corrected chi connectivity index (χ0v) is 16.1. The molecule has 0 aliphatic rings. The molecule has 1 aromatic carbocycles. The topological polar surface area (TPSA) is 210 Å². The first-order chi connectivity index (χ1) is 13.0. The molecule has 160 valence electrons. The summed E-state index contributed by atoms with van der Waals surface area (Å²) in [5.74, 6) is -2.98. The van der Waals surface area contributed by atoms with Crippen molar-refractivity contribution in [3.63, 3.8) is 0 Å². The lowest BCUT2D eigenvalue weighted by Gasteiger charge is -2.11. The van der Waals surface area contributed by atoms with E-state index in [9.17, 15) is 14.4 Å². The molecule has 4 atom stereocenters. The molecule has 10 heteroatoms. The average Bonchev–Trinajstić information content (AvgIpc) is 2.67. The molecular weight excluding hydrogens is 370 g/mol. The van der Waals surface area contributed by atoms with Gasteiger partial charge in [-0.1, -0.05) is 50.6 Å². The number of carbonyl (C=O) groups is 3. The Morgan fingerprint density at radius 3 is 1.61 bits per heavy atom. The van der Waals surface area contributed by atoms with Crippen LogP contribution in [0, 0.1) is 5.92 Å². The molecule has 0 unspecified atom stereocenters. The number of hydrogen-bond donors (Lipinski definition) is 7. The van der Waals surface area contributed by atoms with Crippen molar-refractivity contribution in [3.8, 4) is 0 Å². The molecule has 0 aliphatic carbocycles. The number of rotatable bonds is 8. The molecule has 0 saturated carbocycles. The average molecular weight is 401 g/mol. The van der Waals surface area contributed by atoms with Crippen molar-refractivity contribution in [2.45, 2.75) is 44.8 Å². The SMILES string of the molecule is CC[C@H](C)[C@H](N)C(=O)O.N[C@@H](CO)C(=O)O.N[C@@H](Cc1ccccc1)C(=O)O. The fraction of sp³-hybridized carbons (Fsp3) is 0.500. The summed E-state index contributed by atoms with van der Waals surface area (Å²) >= 11 is 0. The smallest absolute Gasteiger partial charge is 0.322 e. The van der Waals surface area contributed by atoms with E-state index in [-0.39, 0.29) is 5.92 Å². The Labute approximate surface area is 164 Å². The molecule has 0 heterocycles. The molecule has 1 aromatic rings. The number of carboxylic acids is 3. The molecule has 0 bridgehead atoms. The summed E-state index contributed by atoms with van der Waals surface area (Å²) in [6.45, 7) is 3.25. The summed E-state index contributed by atoms with van der Waals surface area (Å²) in [6.07, 6.45) is 1.20. The summed E-state index contributed by atoms with van der Waals surface area (Å²) in [5, 5.41) is 32.8. The van der Waals surface area contributed by atoms with E-state index in [1.54, 1.807) is 0 Å². The highest BCUT2D eigenvalue weighted by atomic mass is 16.4. The molecule has 0 fully saturated rings. The van der Waals surface area contributed by atoms with Crippen molar-refractivity contribution in [2.75, 3.05) is 6.61 Å². The van der Waals surface area contributed by atoms with Gasteiger partial charge < -0.3 is 37.6 Å². The van der Waals surface area contributed by atoms with Gasteiger partial charge in [-0.25, -0.2) is 0 Å². The van der Waals surface area contributed by atoms with Crippen LogP contribution < -0.4 is 17.2 Å². The van der Waals surface area contributed by atoms with Gasteiger partial charge in [0.15, 0.2) is 0 Å². The van der Waals surface area contributed by atoms with Crippen molar-refractivity contribution in [1.82, 2.24) is 0 Å². The summed E-state index contributed by atoms with van der Waals surface area (Å²) in [4.78, 5) is 30.2. The van der Waals surface area contributed by atoms with E-state index in [2.05, 4.69) is 0 Å². The molecule has 0 spiro atoms. The molecule has 10 nitrogen and oxygen atoms in total. The van der Waals surface area contributed by atoms with E-state index in [0.717, 1.165) is 12.0 Å².